The van der Waals surface area contributed by atoms with Crippen molar-refractivity contribution in [3.63, 3.8) is 0 Å². The predicted octanol–water partition coefficient (Wildman–Crippen LogP) is 3.81. The smallest absolute Gasteiger partial charge is 0.308 e. The van der Waals surface area contributed by atoms with Crippen LogP contribution in [0.15, 0.2) is 24.3 Å². The molecule has 338 valence electrons. The van der Waals surface area contributed by atoms with Crippen molar-refractivity contribution in [3.8, 4) is 0 Å². The van der Waals surface area contributed by atoms with Crippen molar-refractivity contribution < 1.29 is 72.0 Å². The predicted molar refractivity (Wildman–Crippen MR) is 215 cm³/mol. The Balaban J connectivity index is 1.98. The summed E-state index contributed by atoms with van der Waals surface area (Å²) in [6, 6.07) is -0.732. The highest BCUT2D eigenvalue weighted by atomic mass is 16.7. The minimum Gasteiger partial charge on any atom is -0.462 e. The molecular formula is C43H71NO15. The number of rotatable bonds is 14. The molecule has 0 aromatic carbocycles. The van der Waals surface area contributed by atoms with Gasteiger partial charge in [-0.1, -0.05) is 39.0 Å². The number of carbonyl (C=O) groups excluding carboxylic acids is 4. The van der Waals surface area contributed by atoms with Crippen LogP contribution >= 0.6 is 0 Å². The highest BCUT2D eigenvalue weighted by molar-refractivity contribution is 5.70. The quantitative estimate of drug-likeness (QED) is 0.146. The van der Waals surface area contributed by atoms with Gasteiger partial charge in [0.2, 0.25) is 0 Å². The fourth-order valence-corrected chi connectivity index (χ4v) is 8.22. The Morgan fingerprint density at radius 2 is 1.68 bits per heavy atom. The summed E-state index contributed by atoms with van der Waals surface area (Å²) in [7, 11) is 6.47. The summed E-state index contributed by atoms with van der Waals surface area (Å²) in [5.41, 5.74) is -0.946. The lowest BCUT2D eigenvalue weighted by atomic mass is 9.82. The molecule has 2 fully saturated rings. The van der Waals surface area contributed by atoms with Crippen LogP contribution in [0, 0.1) is 11.8 Å². The second-order valence-corrected chi connectivity index (χ2v) is 16.5. The van der Waals surface area contributed by atoms with Crippen LogP contribution in [-0.4, -0.2) is 153 Å². The standard InChI is InChI=1S/C43H71NO15/c1-12-17-33(48)57-41-28(6)54-35(24-43(41,7)52-11)58-38-27(5)55-42(37(50)36(38)44(8)9)59-39-29(20-21-45)22-25(3)31(56-32(47)13-2)19-16-14-15-18-26(4)53-34(49)23-30(46)40(39)51-10/h14-16,19,21,25-31,35-42,46,50H,12-13,17-18,20,22-24H2,1-11H3/b15-14+,19-16+/t25-,26-,27-,28+,29?,30-,31+,35+,36-,37-,38-,39+,40+,41+,42+,43-/m1/s1. The van der Waals surface area contributed by atoms with Crippen LogP contribution in [0.2, 0.25) is 0 Å². The third-order valence-electron chi connectivity index (χ3n) is 11.5. The van der Waals surface area contributed by atoms with Crippen molar-refractivity contribution in [2.75, 3.05) is 28.3 Å². The van der Waals surface area contributed by atoms with Crippen molar-refractivity contribution in [3.05, 3.63) is 24.3 Å². The number of ether oxygens (including phenoxy) is 9. The van der Waals surface area contributed by atoms with Gasteiger partial charge < -0.3 is 62.5 Å². The summed E-state index contributed by atoms with van der Waals surface area (Å²) in [5, 5.41) is 23.7. The van der Waals surface area contributed by atoms with Crippen LogP contribution in [0.4, 0.5) is 0 Å². The molecule has 16 nitrogen and oxygen atoms in total. The molecule has 0 bridgehead atoms. The van der Waals surface area contributed by atoms with Crippen molar-refractivity contribution in [1.82, 2.24) is 4.90 Å². The maximum atomic E-state index is 13.0. The van der Waals surface area contributed by atoms with E-state index in [1.54, 1.807) is 72.0 Å². The first-order chi connectivity index (χ1) is 27.9. The number of likely N-dealkylation sites (N-methyl/N-ethyl adjacent to an activating group) is 1. The lowest BCUT2D eigenvalue weighted by Gasteiger charge is -2.51. The monoisotopic (exact) mass is 841 g/mol. The van der Waals surface area contributed by atoms with Crippen molar-refractivity contribution in [2.45, 2.75) is 185 Å². The Labute approximate surface area is 350 Å². The number of allylic oxidation sites excluding steroid dienone is 2. The number of nitrogens with zero attached hydrogens (tertiary/aromatic N) is 1. The van der Waals surface area contributed by atoms with Gasteiger partial charge >= 0.3 is 17.9 Å². The van der Waals surface area contributed by atoms with E-state index in [9.17, 15) is 29.4 Å². The molecule has 0 amide bonds. The SMILES string of the molecule is CCCC(=O)O[C@H]1[C@H](C)O[C@@H](O[C@H]2[C@H](N(C)C)[C@@H](O)[C@H](O[C@H]3C(CC=O)C[C@@H](C)[C@@H](OC(=O)CC)/C=C/C=C/C[C@@H](C)OC(=O)C[C@@H](O)[C@@H]3OC)O[C@@H]2C)C[C@@]1(C)OC. The van der Waals surface area contributed by atoms with Gasteiger partial charge in [0.1, 0.15) is 42.4 Å². The van der Waals surface area contributed by atoms with Gasteiger partial charge in [0.15, 0.2) is 18.7 Å². The average Bonchev–Trinajstić information content (AvgIpc) is 3.16. The van der Waals surface area contributed by atoms with E-state index in [0.29, 0.717) is 12.8 Å². The van der Waals surface area contributed by atoms with E-state index in [0.717, 1.165) is 6.29 Å². The summed E-state index contributed by atoms with van der Waals surface area (Å²) >= 11 is 0. The molecule has 0 aromatic heterocycles. The lowest BCUT2D eigenvalue weighted by molar-refractivity contribution is -0.345. The number of hydrogen-bond donors (Lipinski definition) is 2. The van der Waals surface area contributed by atoms with Gasteiger partial charge in [-0.2, -0.15) is 0 Å². The molecule has 0 aromatic rings. The molecular weight excluding hydrogens is 770 g/mol. The van der Waals surface area contributed by atoms with Gasteiger partial charge in [-0.05, 0) is 72.5 Å². The average molecular weight is 842 g/mol. The van der Waals surface area contributed by atoms with E-state index in [4.69, 9.17) is 42.6 Å². The summed E-state index contributed by atoms with van der Waals surface area (Å²) in [6.45, 7) is 12.6. The first kappa shape index (κ1) is 50.6. The Morgan fingerprint density at radius 1 is 0.966 bits per heavy atom. The van der Waals surface area contributed by atoms with Crippen LogP contribution in [-0.2, 0) is 61.8 Å². The number of hydrogen-bond acceptors (Lipinski definition) is 16. The maximum Gasteiger partial charge on any atom is 0.308 e. The van der Waals surface area contributed by atoms with Crippen molar-refractivity contribution >= 4 is 24.2 Å². The third-order valence-corrected chi connectivity index (χ3v) is 11.5. The first-order valence-corrected chi connectivity index (χ1v) is 21.0. The third kappa shape index (κ3) is 14.1. The molecule has 3 heterocycles. The minimum absolute atomic E-state index is 0.0629. The number of aliphatic hydroxyl groups is 2. The van der Waals surface area contributed by atoms with E-state index in [1.165, 1.54) is 7.11 Å². The molecule has 0 spiro atoms. The number of methoxy groups -OCH3 is 2. The van der Waals surface area contributed by atoms with E-state index in [1.807, 2.05) is 26.8 Å². The summed E-state index contributed by atoms with van der Waals surface area (Å²) < 4.78 is 54.9. The topological polar surface area (TPSA) is 195 Å². The zero-order valence-corrected chi connectivity index (χ0v) is 36.9. The second-order valence-electron chi connectivity index (χ2n) is 16.5. The molecule has 16 heteroatoms. The fourth-order valence-electron chi connectivity index (χ4n) is 8.22. The van der Waals surface area contributed by atoms with Gasteiger partial charge in [0.25, 0.3) is 0 Å². The van der Waals surface area contributed by atoms with Crippen molar-refractivity contribution in [2.24, 2.45) is 11.8 Å². The molecule has 0 aliphatic carbocycles. The summed E-state index contributed by atoms with van der Waals surface area (Å²) in [5.74, 6) is -2.44. The first-order valence-electron chi connectivity index (χ1n) is 21.0. The Bertz CT molecular complexity index is 1390. The van der Waals surface area contributed by atoms with Gasteiger partial charge in [-0.25, -0.2) is 0 Å². The van der Waals surface area contributed by atoms with Gasteiger partial charge in [-0.15, -0.1) is 0 Å². The number of aliphatic hydroxyl groups excluding tert-OH is 2. The van der Waals surface area contributed by atoms with E-state index >= 15 is 0 Å². The van der Waals surface area contributed by atoms with Gasteiger partial charge in [0.05, 0.1) is 36.9 Å². The van der Waals surface area contributed by atoms with Gasteiger partial charge in [0, 0.05) is 46.3 Å². The maximum absolute atomic E-state index is 13.0. The molecule has 3 aliphatic heterocycles. The molecule has 2 N–H and O–H groups in total. The highest BCUT2D eigenvalue weighted by Gasteiger charge is 2.53. The van der Waals surface area contributed by atoms with Crippen molar-refractivity contribution in [1.29, 1.82) is 0 Å². The Kier molecular flexibility index (Phi) is 20.6. The lowest BCUT2D eigenvalue weighted by Crippen LogP contribution is -2.66. The largest absolute Gasteiger partial charge is 0.462 e. The van der Waals surface area contributed by atoms with Crippen LogP contribution < -0.4 is 0 Å². The normalized spacial score (nSPS) is 40.1. The summed E-state index contributed by atoms with van der Waals surface area (Å²) in [6.07, 6.45) is -1.94. The summed E-state index contributed by atoms with van der Waals surface area (Å²) in [4.78, 5) is 52.2. The second kappa shape index (κ2) is 24.0. The Hall–Kier alpha value is -2.80. The number of aldehydes is 1. The molecule has 0 saturated carbocycles. The van der Waals surface area contributed by atoms with Gasteiger partial charge in [-0.3, -0.25) is 14.4 Å². The molecule has 2 saturated heterocycles. The van der Waals surface area contributed by atoms with Crippen LogP contribution in [0.5, 0.6) is 0 Å². The highest BCUT2D eigenvalue weighted by Crippen LogP contribution is 2.39. The molecule has 59 heavy (non-hydrogen) atoms. The van der Waals surface area contributed by atoms with E-state index < -0.39 is 110 Å². The number of cyclic esters (lactones) is 1. The Morgan fingerprint density at radius 3 is 2.29 bits per heavy atom. The molecule has 0 radical (unpaired) electrons. The van der Waals surface area contributed by atoms with Crippen LogP contribution in [0.25, 0.3) is 0 Å². The molecule has 1 unspecified atom stereocenters. The van der Waals surface area contributed by atoms with Crippen LogP contribution in [0.3, 0.4) is 0 Å². The molecule has 3 rings (SSSR count). The molecule has 16 atom stereocenters. The molecule has 3 aliphatic rings. The number of carbonyl (C=O) groups is 4. The zero-order valence-electron chi connectivity index (χ0n) is 36.9. The zero-order chi connectivity index (χ0) is 44.0. The van der Waals surface area contributed by atoms with Crippen LogP contribution in [0.1, 0.15) is 99.8 Å². The minimum atomic E-state index is -1.45. The van der Waals surface area contributed by atoms with E-state index in [2.05, 4.69) is 0 Å². The fraction of sp³-hybridized carbons (Fsp3) is 0.814. The van der Waals surface area contributed by atoms with E-state index in [-0.39, 0.29) is 44.0 Å². The number of esters is 3.